The van der Waals surface area contributed by atoms with Crippen molar-refractivity contribution in [1.82, 2.24) is 10.2 Å². The fourth-order valence-electron chi connectivity index (χ4n) is 3.12. The molecule has 1 aromatic carbocycles. The number of nitrogens with zero attached hydrogens (tertiary/aromatic N) is 1. The SMILES string of the molecule is CC(CN1CCc2ccccc2C1)NCc1cc(C#CCO)cs1. The molecule has 24 heavy (non-hydrogen) atoms. The summed E-state index contributed by atoms with van der Waals surface area (Å²) < 4.78 is 0. The first-order chi connectivity index (χ1) is 11.7. The van der Waals surface area contributed by atoms with Crippen molar-refractivity contribution in [2.75, 3.05) is 19.7 Å². The molecule has 1 aromatic heterocycles. The van der Waals surface area contributed by atoms with Gasteiger partial charge in [0.1, 0.15) is 6.61 Å². The molecule has 3 rings (SSSR count). The minimum absolute atomic E-state index is 0.0839. The number of thiophene rings is 1. The molecule has 0 amide bonds. The normalized spacial score (nSPS) is 15.4. The molecule has 2 N–H and O–H groups in total. The van der Waals surface area contributed by atoms with Crippen molar-refractivity contribution in [3.63, 3.8) is 0 Å². The second-order valence-electron chi connectivity index (χ2n) is 6.30. The summed E-state index contributed by atoms with van der Waals surface area (Å²) in [6.45, 7) is 6.30. The van der Waals surface area contributed by atoms with Crippen molar-refractivity contribution in [2.24, 2.45) is 0 Å². The summed E-state index contributed by atoms with van der Waals surface area (Å²) in [5, 5.41) is 14.4. The van der Waals surface area contributed by atoms with E-state index in [9.17, 15) is 0 Å². The zero-order chi connectivity index (χ0) is 16.8. The van der Waals surface area contributed by atoms with E-state index >= 15 is 0 Å². The van der Waals surface area contributed by atoms with E-state index in [2.05, 4.69) is 59.3 Å². The van der Waals surface area contributed by atoms with Crippen LogP contribution in [0.25, 0.3) is 0 Å². The highest BCUT2D eigenvalue weighted by molar-refractivity contribution is 7.10. The van der Waals surface area contributed by atoms with Crippen LogP contribution in [0.5, 0.6) is 0 Å². The van der Waals surface area contributed by atoms with Crippen molar-refractivity contribution in [1.29, 1.82) is 0 Å². The molecular formula is C20H24N2OS. The maximum Gasteiger partial charge on any atom is 0.104 e. The van der Waals surface area contributed by atoms with E-state index in [4.69, 9.17) is 5.11 Å². The second kappa shape index (κ2) is 8.46. The van der Waals surface area contributed by atoms with E-state index in [0.29, 0.717) is 6.04 Å². The summed E-state index contributed by atoms with van der Waals surface area (Å²) in [6.07, 6.45) is 1.15. The highest BCUT2D eigenvalue weighted by Gasteiger charge is 2.17. The van der Waals surface area contributed by atoms with Gasteiger partial charge in [-0.05, 0) is 30.5 Å². The fraction of sp³-hybridized carbons (Fsp3) is 0.400. The molecule has 0 saturated heterocycles. The Balaban J connectivity index is 1.46. The van der Waals surface area contributed by atoms with E-state index in [0.717, 1.165) is 38.2 Å². The van der Waals surface area contributed by atoms with Gasteiger partial charge in [-0.3, -0.25) is 4.90 Å². The number of aliphatic hydroxyl groups excluding tert-OH is 1. The number of hydrogen-bond acceptors (Lipinski definition) is 4. The molecule has 126 valence electrons. The third-order valence-electron chi connectivity index (χ3n) is 4.33. The highest BCUT2D eigenvalue weighted by atomic mass is 32.1. The summed E-state index contributed by atoms with van der Waals surface area (Å²) in [4.78, 5) is 3.82. The average Bonchev–Trinajstić information content (AvgIpc) is 3.06. The smallest absolute Gasteiger partial charge is 0.104 e. The number of aliphatic hydroxyl groups is 1. The van der Waals surface area contributed by atoms with Crippen LogP contribution in [0.3, 0.4) is 0 Å². The molecule has 0 radical (unpaired) electrons. The predicted molar refractivity (Wildman–Crippen MR) is 100 cm³/mol. The van der Waals surface area contributed by atoms with Crippen LogP contribution in [0.4, 0.5) is 0 Å². The monoisotopic (exact) mass is 340 g/mol. The largest absolute Gasteiger partial charge is 0.384 e. The van der Waals surface area contributed by atoms with Crippen molar-refractivity contribution in [2.45, 2.75) is 32.5 Å². The van der Waals surface area contributed by atoms with Crippen molar-refractivity contribution in [3.05, 3.63) is 57.3 Å². The van der Waals surface area contributed by atoms with E-state index in [-0.39, 0.29) is 6.61 Å². The molecule has 1 aliphatic heterocycles. The Labute approximate surface area is 148 Å². The van der Waals surface area contributed by atoms with Gasteiger partial charge in [0.05, 0.1) is 0 Å². The first-order valence-electron chi connectivity index (χ1n) is 8.44. The van der Waals surface area contributed by atoms with Crippen LogP contribution in [0.15, 0.2) is 35.7 Å². The number of fused-ring (bicyclic) bond motifs is 1. The Bertz CT molecular complexity index is 728. The molecule has 4 heteroatoms. The molecule has 0 aliphatic carbocycles. The number of nitrogens with one attached hydrogen (secondary N) is 1. The molecule has 1 atom stereocenters. The van der Waals surface area contributed by atoms with E-state index in [1.54, 1.807) is 11.3 Å². The Hall–Kier alpha value is -1.64. The van der Waals surface area contributed by atoms with Gasteiger partial charge in [0, 0.05) is 48.0 Å². The predicted octanol–water partition coefficient (Wildman–Crippen LogP) is 2.63. The van der Waals surface area contributed by atoms with Crippen LogP contribution in [0.1, 0.15) is 28.5 Å². The van der Waals surface area contributed by atoms with Crippen LogP contribution >= 0.6 is 11.3 Å². The Morgan fingerprint density at radius 3 is 3.00 bits per heavy atom. The van der Waals surface area contributed by atoms with Crippen LogP contribution in [-0.4, -0.2) is 35.7 Å². The zero-order valence-electron chi connectivity index (χ0n) is 14.1. The lowest BCUT2D eigenvalue weighted by molar-refractivity contribution is 0.229. The highest BCUT2D eigenvalue weighted by Crippen LogP contribution is 2.18. The molecule has 0 spiro atoms. The summed E-state index contributed by atoms with van der Waals surface area (Å²) in [6, 6.07) is 11.3. The topological polar surface area (TPSA) is 35.5 Å². The first-order valence-corrected chi connectivity index (χ1v) is 9.32. The van der Waals surface area contributed by atoms with E-state index in [1.807, 2.05) is 5.38 Å². The first kappa shape index (κ1) is 17.2. The number of benzene rings is 1. The van der Waals surface area contributed by atoms with Crippen LogP contribution in [0, 0.1) is 11.8 Å². The molecule has 1 aliphatic rings. The standard InChI is InChI=1S/C20H24N2OS/c1-16(21-12-20-11-17(15-24-20)5-4-10-23)13-22-9-8-18-6-2-3-7-19(18)14-22/h2-3,6-7,11,15-16,21,23H,8-10,12-14H2,1H3. The van der Waals surface area contributed by atoms with Gasteiger partial charge in [-0.25, -0.2) is 0 Å². The van der Waals surface area contributed by atoms with E-state index < -0.39 is 0 Å². The van der Waals surface area contributed by atoms with Crippen molar-refractivity contribution in [3.8, 4) is 11.8 Å². The third-order valence-corrected chi connectivity index (χ3v) is 5.27. The third kappa shape index (κ3) is 4.68. The van der Waals surface area contributed by atoms with Crippen molar-refractivity contribution < 1.29 is 5.11 Å². The summed E-state index contributed by atoms with van der Waals surface area (Å²) in [5.74, 6) is 5.64. The van der Waals surface area contributed by atoms with Gasteiger partial charge in [0.25, 0.3) is 0 Å². The lowest BCUT2D eigenvalue weighted by Gasteiger charge is -2.31. The summed E-state index contributed by atoms with van der Waals surface area (Å²) in [5.41, 5.74) is 3.97. The maximum absolute atomic E-state index is 8.74. The van der Waals surface area contributed by atoms with Gasteiger partial charge in [-0.1, -0.05) is 36.1 Å². The molecule has 0 bridgehead atoms. The van der Waals surface area contributed by atoms with Gasteiger partial charge >= 0.3 is 0 Å². The summed E-state index contributed by atoms with van der Waals surface area (Å²) >= 11 is 1.72. The van der Waals surface area contributed by atoms with Gasteiger partial charge < -0.3 is 10.4 Å². The van der Waals surface area contributed by atoms with Crippen LogP contribution in [0.2, 0.25) is 0 Å². The molecule has 0 fully saturated rings. The number of rotatable bonds is 5. The second-order valence-corrected chi connectivity index (χ2v) is 7.29. The quantitative estimate of drug-likeness (QED) is 0.822. The molecule has 1 unspecified atom stereocenters. The molecule has 3 nitrogen and oxygen atoms in total. The number of hydrogen-bond donors (Lipinski definition) is 2. The lowest BCUT2D eigenvalue weighted by Crippen LogP contribution is -2.41. The van der Waals surface area contributed by atoms with Gasteiger partial charge in [-0.15, -0.1) is 11.3 Å². The fourth-order valence-corrected chi connectivity index (χ4v) is 3.88. The minimum Gasteiger partial charge on any atom is -0.384 e. The lowest BCUT2D eigenvalue weighted by atomic mass is 10.00. The van der Waals surface area contributed by atoms with Crippen molar-refractivity contribution >= 4 is 11.3 Å². The summed E-state index contributed by atoms with van der Waals surface area (Å²) in [7, 11) is 0. The van der Waals surface area contributed by atoms with Crippen LogP contribution in [-0.2, 0) is 19.5 Å². The Kier molecular flexibility index (Phi) is 6.06. The Morgan fingerprint density at radius 2 is 2.17 bits per heavy atom. The molecule has 2 aromatic rings. The maximum atomic E-state index is 8.74. The van der Waals surface area contributed by atoms with Crippen LogP contribution < -0.4 is 5.32 Å². The minimum atomic E-state index is -0.0839. The molecule has 2 heterocycles. The zero-order valence-corrected chi connectivity index (χ0v) is 14.9. The van der Waals surface area contributed by atoms with Gasteiger partial charge in [0.2, 0.25) is 0 Å². The van der Waals surface area contributed by atoms with E-state index in [1.165, 1.54) is 16.0 Å². The molecule has 0 saturated carbocycles. The van der Waals surface area contributed by atoms with Gasteiger partial charge in [-0.2, -0.15) is 0 Å². The average molecular weight is 340 g/mol. The Morgan fingerprint density at radius 1 is 1.33 bits per heavy atom. The van der Waals surface area contributed by atoms with Gasteiger partial charge in [0.15, 0.2) is 0 Å². The molecular weight excluding hydrogens is 316 g/mol.